The van der Waals surface area contributed by atoms with Crippen molar-refractivity contribution in [3.8, 4) is 0 Å². The standard InChI is InChI=1S/C11H18N2O/c1-10-7-12-13(8-10)11(9-14)5-3-2-4-6-11/h7-8,14H,2-6,9H2,1H3. The van der Waals surface area contributed by atoms with E-state index in [0.29, 0.717) is 0 Å². The van der Waals surface area contributed by atoms with E-state index in [-0.39, 0.29) is 12.1 Å². The highest BCUT2D eigenvalue weighted by Crippen LogP contribution is 2.33. The molecule has 3 heteroatoms. The summed E-state index contributed by atoms with van der Waals surface area (Å²) < 4.78 is 1.97. The molecule has 1 N–H and O–H groups in total. The Bertz CT molecular complexity index is 300. The predicted molar refractivity (Wildman–Crippen MR) is 55.1 cm³/mol. The third kappa shape index (κ3) is 1.57. The number of aliphatic hydroxyl groups excluding tert-OH is 1. The van der Waals surface area contributed by atoms with Gasteiger partial charge in [0.15, 0.2) is 0 Å². The number of nitrogens with zero attached hydrogens (tertiary/aromatic N) is 2. The van der Waals surface area contributed by atoms with Crippen molar-refractivity contribution in [3.05, 3.63) is 18.0 Å². The van der Waals surface area contributed by atoms with Gasteiger partial charge in [-0.25, -0.2) is 0 Å². The van der Waals surface area contributed by atoms with E-state index in [1.54, 1.807) is 0 Å². The van der Waals surface area contributed by atoms with E-state index in [1.807, 2.05) is 24.0 Å². The Kier molecular flexibility index (Phi) is 2.59. The summed E-state index contributed by atoms with van der Waals surface area (Å²) in [5, 5.41) is 13.9. The van der Waals surface area contributed by atoms with Gasteiger partial charge in [-0.3, -0.25) is 4.68 Å². The second-order valence-corrected chi connectivity index (χ2v) is 4.41. The number of aliphatic hydroxyl groups is 1. The summed E-state index contributed by atoms with van der Waals surface area (Å²) in [5.74, 6) is 0. The monoisotopic (exact) mass is 194 g/mol. The molecular formula is C11H18N2O. The fourth-order valence-electron chi connectivity index (χ4n) is 2.34. The molecule has 1 fully saturated rings. The number of hydrogen-bond donors (Lipinski definition) is 1. The quantitative estimate of drug-likeness (QED) is 0.780. The van der Waals surface area contributed by atoms with Gasteiger partial charge in [0, 0.05) is 6.20 Å². The first-order valence-electron chi connectivity index (χ1n) is 5.39. The largest absolute Gasteiger partial charge is 0.394 e. The molecule has 0 saturated heterocycles. The zero-order chi connectivity index (χ0) is 10.0. The molecule has 0 amide bonds. The van der Waals surface area contributed by atoms with Crippen molar-refractivity contribution >= 4 is 0 Å². The SMILES string of the molecule is Cc1cnn(C2(CO)CCCCC2)c1. The van der Waals surface area contributed by atoms with Gasteiger partial charge >= 0.3 is 0 Å². The molecule has 14 heavy (non-hydrogen) atoms. The second-order valence-electron chi connectivity index (χ2n) is 4.41. The Hall–Kier alpha value is -0.830. The highest BCUT2D eigenvalue weighted by molar-refractivity contribution is 5.03. The number of rotatable bonds is 2. The van der Waals surface area contributed by atoms with Gasteiger partial charge in [0.1, 0.15) is 0 Å². The first-order chi connectivity index (χ1) is 6.77. The van der Waals surface area contributed by atoms with Crippen LogP contribution in [0.4, 0.5) is 0 Å². The minimum Gasteiger partial charge on any atom is -0.394 e. The average molecular weight is 194 g/mol. The highest BCUT2D eigenvalue weighted by atomic mass is 16.3. The van der Waals surface area contributed by atoms with Crippen LogP contribution in [0.25, 0.3) is 0 Å². The lowest BCUT2D eigenvalue weighted by Crippen LogP contribution is -2.39. The van der Waals surface area contributed by atoms with Crippen molar-refractivity contribution in [2.75, 3.05) is 6.61 Å². The highest BCUT2D eigenvalue weighted by Gasteiger charge is 2.33. The summed E-state index contributed by atoms with van der Waals surface area (Å²) in [6.45, 7) is 2.26. The normalized spacial score (nSPS) is 21.0. The van der Waals surface area contributed by atoms with Crippen LogP contribution in [0, 0.1) is 6.92 Å². The third-order valence-electron chi connectivity index (χ3n) is 3.28. The van der Waals surface area contributed by atoms with E-state index in [9.17, 15) is 5.11 Å². The van der Waals surface area contributed by atoms with Crippen LogP contribution in [-0.2, 0) is 5.54 Å². The first-order valence-corrected chi connectivity index (χ1v) is 5.39. The molecule has 0 radical (unpaired) electrons. The van der Waals surface area contributed by atoms with Gasteiger partial charge in [-0.05, 0) is 25.3 Å². The summed E-state index contributed by atoms with van der Waals surface area (Å²) in [6, 6.07) is 0. The van der Waals surface area contributed by atoms with Crippen LogP contribution >= 0.6 is 0 Å². The predicted octanol–water partition coefficient (Wildman–Crippen LogP) is 1.84. The van der Waals surface area contributed by atoms with Gasteiger partial charge in [-0.15, -0.1) is 0 Å². The van der Waals surface area contributed by atoms with Gasteiger partial charge < -0.3 is 5.11 Å². The molecule has 1 aromatic heterocycles. The molecular weight excluding hydrogens is 176 g/mol. The number of hydrogen-bond acceptors (Lipinski definition) is 2. The summed E-state index contributed by atoms with van der Waals surface area (Å²) in [7, 11) is 0. The van der Waals surface area contributed by atoms with Crippen LogP contribution in [0.3, 0.4) is 0 Å². The van der Waals surface area contributed by atoms with Gasteiger partial charge in [-0.1, -0.05) is 19.3 Å². The lowest BCUT2D eigenvalue weighted by molar-refractivity contribution is 0.0790. The fourth-order valence-corrected chi connectivity index (χ4v) is 2.34. The molecule has 2 rings (SSSR count). The van der Waals surface area contributed by atoms with Crippen LogP contribution in [0.5, 0.6) is 0 Å². The summed E-state index contributed by atoms with van der Waals surface area (Å²) >= 11 is 0. The lowest BCUT2D eigenvalue weighted by Gasteiger charge is -2.35. The maximum absolute atomic E-state index is 9.54. The Morgan fingerprint density at radius 3 is 2.64 bits per heavy atom. The molecule has 3 nitrogen and oxygen atoms in total. The molecule has 1 aromatic rings. The van der Waals surface area contributed by atoms with Crippen LogP contribution in [0.2, 0.25) is 0 Å². The van der Waals surface area contributed by atoms with E-state index < -0.39 is 0 Å². The van der Waals surface area contributed by atoms with Crippen molar-refractivity contribution in [1.82, 2.24) is 9.78 Å². The summed E-state index contributed by atoms with van der Waals surface area (Å²) in [5.41, 5.74) is 1.07. The van der Waals surface area contributed by atoms with E-state index >= 15 is 0 Å². The average Bonchev–Trinajstić information content (AvgIpc) is 2.66. The molecule has 0 atom stereocenters. The molecule has 1 saturated carbocycles. The van der Waals surface area contributed by atoms with Gasteiger partial charge in [0.2, 0.25) is 0 Å². The third-order valence-corrected chi connectivity index (χ3v) is 3.28. The molecule has 0 bridgehead atoms. The minimum atomic E-state index is -0.105. The van der Waals surface area contributed by atoms with Gasteiger partial charge in [0.05, 0.1) is 18.3 Å². The molecule has 1 heterocycles. The molecule has 1 aliphatic rings. The fraction of sp³-hybridized carbons (Fsp3) is 0.727. The lowest BCUT2D eigenvalue weighted by atomic mass is 9.82. The van der Waals surface area contributed by atoms with Gasteiger partial charge in [-0.2, -0.15) is 5.10 Å². The van der Waals surface area contributed by atoms with Crippen LogP contribution < -0.4 is 0 Å². The topological polar surface area (TPSA) is 38.0 Å². The zero-order valence-electron chi connectivity index (χ0n) is 8.74. The Morgan fingerprint density at radius 1 is 1.43 bits per heavy atom. The maximum Gasteiger partial charge on any atom is 0.0857 e. The van der Waals surface area contributed by atoms with E-state index in [0.717, 1.165) is 12.8 Å². The molecule has 78 valence electrons. The maximum atomic E-state index is 9.54. The van der Waals surface area contributed by atoms with E-state index in [4.69, 9.17) is 0 Å². The summed E-state index contributed by atoms with van der Waals surface area (Å²) in [6.07, 6.45) is 9.74. The van der Waals surface area contributed by atoms with Crippen LogP contribution in [-0.4, -0.2) is 21.5 Å². The summed E-state index contributed by atoms with van der Waals surface area (Å²) in [4.78, 5) is 0. The second kappa shape index (κ2) is 3.73. The molecule has 1 aliphatic carbocycles. The van der Waals surface area contributed by atoms with Crippen molar-refractivity contribution in [3.63, 3.8) is 0 Å². The van der Waals surface area contributed by atoms with Crippen LogP contribution in [0.15, 0.2) is 12.4 Å². The Morgan fingerprint density at radius 2 is 2.14 bits per heavy atom. The smallest absolute Gasteiger partial charge is 0.0857 e. The molecule has 0 aliphatic heterocycles. The van der Waals surface area contributed by atoms with Crippen molar-refractivity contribution < 1.29 is 5.11 Å². The van der Waals surface area contributed by atoms with E-state index in [2.05, 4.69) is 5.10 Å². The van der Waals surface area contributed by atoms with Crippen molar-refractivity contribution in [2.45, 2.75) is 44.6 Å². The van der Waals surface area contributed by atoms with Crippen LogP contribution in [0.1, 0.15) is 37.7 Å². The minimum absolute atomic E-state index is 0.105. The Balaban J connectivity index is 2.26. The van der Waals surface area contributed by atoms with E-state index in [1.165, 1.54) is 24.8 Å². The van der Waals surface area contributed by atoms with Crippen molar-refractivity contribution in [1.29, 1.82) is 0 Å². The first kappa shape index (κ1) is 9.71. The molecule has 0 unspecified atom stereocenters. The number of aromatic nitrogens is 2. The number of aryl methyl sites for hydroxylation is 1. The van der Waals surface area contributed by atoms with Crippen molar-refractivity contribution in [2.24, 2.45) is 0 Å². The molecule has 0 spiro atoms. The zero-order valence-corrected chi connectivity index (χ0v) is 8.74. The Labute approximate surface area is 84.7 Å². The molecule has 0 aromatic carbocycles. The van der Waals surface area contributed by atoms with Gasteiger partial charge in [0.25, 0.3) is 0 Å².